The van der Waals surface area contributed by atoms with Crippen LogP contribution in [0.3, 0.4) is 0 Å². The summed E-state index contributed by atoms with van der Waals surface area (Å²) in [6.45, 7) is 2.77. The third-order valence-corrected chi connectivity index (χ3v) is 4.89. The van der Waals surface area contributed by atoms with Gasteiger partial charge in [0.25, 0.3) is 0 Å². The van der Waals surface area contributed by atoms with Gasteiger partial charge in [-0.2, -0.15) is 0 Å². The first-order valence-corrected chi connectivity index (χ1v) is 8.02. The van der Waals surface area contributed by atoms with Crippen LogP contribution in [0, 0.1) is 0 Å². The Bertz CT molecular complexity index is 388. The fourth-order valence-electron chi connectivity index (χ4n) is 3.16. The van der Waals surface area contributed by atoms with E-state index in [1.165, 1.54) is 42.1 Å². The summed E-state index contributed by atoms with van der Waals surface area (Å²) in [5, 5.41) is 3.58. The lowest BCUT2D eigenvalue weighted by Gasteiger charge is -2.39. The van der Waals surface area contributed by atoms with E-state index >= 15 is 0 Å². The van der Waals surface area contributed by atoms with E-state index in [2.05, 4.69) is 45.5 Å². The maximum absolute atomic E-state index is 5.12. The van der Waals surface area contributed by atoms with Crippen molar-refractivity contribution in [1.82, 2.24) is 5.32 Å². The minimum atomic E-state index is 0.298. The van der Waals surface area contributed by atoms with Gasteiger partial charge in [0.1, 0.15) is 0 Å². The van der Waals surface area contributed by atoms with Gasteiger partial charge in [0.05, 0.1) is 6.61 Å². The van der Waals surface area contributed by atoms with Crippen molar-refractivity contribution < 1.29 is 4.74 Å². The predicted molar refractivity (Wildman–Crippen MR) is 83.7 cm³/mol. The number of halogens is 1. The predicted octanol–water partition coefficient (Wildman–Crippen LogP) is 3.89. The normalized spacial score (nSPS) is 18.4. The van der Waals surface area contributed by atoms with Crippen LogP contribution in [0.2, 0.25) is 0 Å². The van der Waals surface area contributed by atoms with Gasteiger partial charge in [-0.25, -0.2) is 0 Å². The molecule has 0 amide bonds. The average molecular weight is 326 g/mol. The lowest BCUT2D eigenvalue weighted by Crippen LogP contribution is -2.41. The summed E-state index contributed by atoms with van der Waals surface area (Å²) in [6, 6.07) is 8.71. The summed E-state index contributed by atoms with van der Waals surface area (Å²) in [7, 11) is 1.76. The molecule has 0 radical (unpaired) electrons. The second kappa shape index (κ2) is 7.41. The van der Waals surface area contributed by atoms with Gasteiger partial charge in [0.2, 0.25) is 0 Å². The van der Waals surface area contributed by atoms with Crippen molar-refractivity contribution in [1.29, 1.82) is 0 Å². The van der Waals surface area contributed by atoms with Crippen molar-refractivity contribution in [2.24, 2.45) is 0 Å². The summed E-state index contributed by atoms with van der Waals surface area (Å²) in [5.41, 5.74) is 1.77. The Morgan fingerprint density at radius 3 is 2.63 bits per heavy atom. The van der Waals surface area contributed by atoms with E-state index in [1.54, 1.807) is 7.11 Å². The molecular formula is C16H24BrNO. The second-order valence-corrected chi connectivity index (χ2v) is 6.34. The minimum absolute atomic E-state index is 0.298. The van der Waals surface area contributed by atoms with Crippen molar-refractivity contribution in [3.63, 3.8) is 0 Å². The zero-order chi connectivity index (χ0) is 13.6. The van der Waals surface area contributed by atoms with Crippen LogP contribution in [0.1, 0.15) is 37.7 Å². The molecule has 0 spiro atoms. The van der Waals surface area contributed by atoms with E-state index in [9.17, 15) is 0 Å². The molecule has 1 aliphatic carbocycles. The van der Waals surface area contributed by atoms with Crippen LogP contribution in [0.25, 0.3) is 0 Å². The molecule has 0 aliphatic heterocycles. The highest BCUT2D eigenvalue weighted by atomic mass is 79.9. The number of nitrogens with one attached hydrogen (secondary N) is 1. The number of hydrogen-bond acceptors (Lipinski definition) is 2. The topological polar surface area (TPSA) is 21.3 Å². The maximum Gasteiger partial charge on any atom is 0.0587 e. The molecule has 1 aromatic rings. The second-order valence-electron chi connectivity index (χ2n) is 5.49. The van der Waals surface area contributed by atoms with Gasteiger partial charge in [-0.3, -0.25) is 0 Å². The smallest absolute Gasteiger partial charge is 0.0587 e. The molecule has 106 valence electrons. The van der Waals surface area contributed by atoms with Crippen LogP contribution in [-0.2, 0) is 10.2 Å². The molecule has 3 heteroatoms. The van der Waals surface area contributed by atoms with E-state index < -0.39 is 0 Å². The third kappa shape index (κ3) is 3.80. The Labute approximate surface area is 125 Å². The van der Waals surface area contributed by atoms with Crippen LogP contribution < -0.4 is 5.32 Å². The highest BCUT2D eigenvalue weighted by Crippen LogP contribution is 2.41. The van der Waals surface area contributed by atoms with E-state index in [4.69, 9.17) is 4.74 Å². The van der Waals surface area contributed by atoms with Crippen LogP contribution >= 0.6 is 15.9 Å². The van der Waals surface area contributed by atoms with Crippen molar-refractivity contribution in [2.45, 2.75) is 37.5 Å². The molecule has 0 saturated heterocycles. The SMILES string of the molecule is COCCNCC1(c2ccccc2Br)CCCCC1. The Morgan fingerprint density at radius 2 is 1.95 bits per heavy atom. The molecule has 1 saturated carbocycles. The molecule has 1 aliphatic rings. The van der Waals surface area contributed by atoms with Crippen molar-refractivity contribution in [2.75, 3.05) is 26.8 Å². The Kier molecular flexibility index (Phi) is 5.86. The molecule has 2 nitrogen and oxygen atoms in total. The summed E-state index contributed by atoms with van der Waals surface area (Å²) in [5.74, 6) is 0. The summed E-state index contributed by atoms with van der Waals surface area (Å²) < 4.78 is 6.38. The van der Waals surface area contributed by atoms with Gasteiger partial charge in [-0.15, -0.1) is 0 Å². The molecule has 2 rings (SSSR count). The van der Waals surface area contributed by atoms with Crippen LogP contribution in [0.4, 0.5) is 0 Å². The van der Waals surface area contributed by atoms with Gasteiger partial charge in [-0.1, -0.05) is 53.4 Å². The lowest BCUT2D eigenvalue weighted by atomic mass is 9.69. The fraction of sp³-hybridized carbons (Fsp3) is 0.625. The standard InChI is InChI=1S/C16H24BrNO/c1-19-12-11-18-13-16(9-5-2-6-10-16)14-7-3-4-8-15(14)17/h3-4,7-8,18H,2,5-6,9-13H2,1H3. The summed E-state index contributed by atoms with van der Waals surface area (Å²) in [6.07, 6.45) is 6.63. The highest BCUT2D eigenvalue weighted by molar-refractivity contribution is 9.10. The zero-order valence-electron chi connectivity index (χ0n) is 11.8. The lowest BCUT2D eigenvalue weighted by molar-refractivity contribution is 0.192. The number of hydrogen-bond donors (Lipinski definition) is 1. The molecular weight excluding hydrogens is 302 g/mol. The molecule has 0 heterocycles. The van der Waals surface area contributed by atoms with Gasteiger partial charge in [0, 0.05) is 30.1 Å². The largest absolute Gasteiger partial charge is 0.383 e. The number of rotatable bonds is 6. The average Bonchev–Trinajstić information content (AvgIpc) is 2.45. The molecule has 0 unspecified atom stereocenters. The molecule has 0 atom stereocenters. The molecule has 1 fully saturated rings. The van der Waals surface area contributed by atoms with Gasteiger partial charge in [0.15, 0.2) is 0 Å². The van der Waals surface area contributed by atoms with E-state index in [0.29, 0.717) is 5.41 Å². The van der Waals surface area contributed by atoms with Crippen molar-refractivity contribution in [3.05, 3.63) is 34.3 Å². The van der Waals surface area contributed by atoms with Gasteiger partial charge >= 0.3 is 0 Å². The van der Waals surface area contributed by atoms with Crippen LogP contribution in [-0.4, -0.2) is 26.8 Å². The third-order valence-electron chi connectivity index (χ3n) is 4.20. The van der Waals surface area contributed by atoms with E-state index in [-0.39, 0.29) is 0 Å². The minimum Gasteiger partial charge on any atom is -0.383 e. The van der Waals surface area contributed by atoms with Crippen molar-refractivity contribution >= 4 is 15.9 Å². The molecule has 0 aromatic heterocycles. The quantitative estimate of drug-likeness (QED) is 0.801. The molecule has 1 N–H and O–H groups in total. The maximum atomic E-state index is 5.12. The Balaban J connectivity index is 2.12. The number of methoxy groups -OCH3 is 1. The zero-order valence-corrected chi connectivity index (χ0v) is 13.3. The molecule has 19 heavy (non-hydrogen) atoms. The summed E-state index contributed by atoms with van der Waals surface area (Å²) >= 11 is 3.74. The van der Waals surface area contributed by atoms with E-state index in [1.807, 2.05) is 0 Å². The fourth-order valence-corrected chi connectivity index (χ4v) is 3.87. The first-order valence-electron chi connectivity index (χ1n) is 7.23. The van der Waals surface area contributed by atoms with Crippen molar-refractivity contribution in [3.8, 4) is 0 Å². The van der Waals surface area contributed by atoms with Gasteiger partial charge < -0.3 is 10.1 Å². The summed E-state index contributed by atoms with van der Waals surface area (Å²) in [4.78, 5) is 0. The monoisotopic (exact) mass is 325 g/mol. The Morgan fingerprint density at radius 1 is 1.21 bits per heavy atom. The molecule has 1 aromatic carbocycles. The Hall–Kier alpha value is -0.380. The van der Waals surface area contributed by atoms with Gasteiger partial charge in [-0.05, 0) is 24.5 Å². The van der Waals surface area contributed by atoms with Crippen LogP contribution in [0.15, 0.2) is 28.7 Å². The van der Waals surface area contributed by atoms with E-state index in [0.717, 1.165) is 19.7 Å². The number of ether oxygens (including phenoxy) is 1. The first kappa shape index (κ1) is 15.0. The number of benzene rings is 1. The molecule has 0 bridgehead atoms. The first-order chi connectivity index (χ1) is 9.28. The van der Waals surface area contributed by atoms with Crippen LogP contribution in [0.5, 0.6) is 0 Å². The highest BCUT2D eigenvalue weighted by Gasteiger charge is 2.34.